The molecule has 2 aromatic rings. The lowest BCUT2D eigenvalue weighted by atomic mass is 9.96. The van der Waals surface area contributed by atoms with Crippen LogP contribution in [0.5, 0.6) is 0 Å². The topological polar surface area (TPSA) is 78.3 Å². The normalized spacial score (nSPS) is 22.1. The number of esters is 1. The lowest BCUT2D eigenvalue weighted by Gasteiger charge is -2.28. The van der Waals surface area contributed by atoms with Gasteiger partial charge in [0.1, 0.15) is 19.0 Å². The molecular weight excluding hydrogens is 356 g/mol. The summed E-state index contributed by atoms with van der Waals surface area (Å²) in [5, 5.41) is 8.04. The molecule has 1 N–H and O–H groups in total. The molecule has 3 heterocycles. The number of ether oxygens (including phenoxy) is 2. The van der Waals surface area contributed by atoms with Crippen molar-refractivity contribution in [3.05, 3.63) is 52.4 Å². The van der Waals surface area contributed by atoms with E-state index in [0.29, 0.717) is 22.2 Å². The number of anilines is 1. The van der Waals surface area contributed by atoms with E-state index in [1.165, 1.54) is 6.33 Å². The molecule has 4 rings (SSSR count). The van der Waals surface area contributed by atoms with E-state index in [2.05, 4.69) is 15.4 Å². The van der Waals surface area contributed by atoms with Gasteiger partial charge in [-0.2, -0.15) is 10.1 Å². The van der Waals surface area contributed by atoms with Gasteiger partial charge < -0.3 is 14.8 Å². The summed E-state index contributed by atoms with van der Waals surface area (Å²) in [5.74, 6) is 0.199. The van der Waals surface area contributed by atoms with Crippen molar-refractivity contribution in [2.24, 2.45) is 0 Å². The van der Waals surface area contributed by atoms with Crippen LogP contribution in [0.1, 0.15) is 31.4 Å². The molecule has 1 aromatic heterocycles. The molecule has 2 aliphatic rings. The maximum Gasteiger partial charge on any atom is 0.338 e. The van der Waals surface area contributed by atoms with E-state index in [1.807, 2.05) is 19.1 Å². The number of nitrogens with zero attached hydrogens (tertiary/aromatic N) is 3. The van der Waals surface area contributed by atoms with E-state index in [4.69, 9.17) is 21.1 Å². The summed E-state index contributed by atoms with van der Waals surface area (Å²) in [7, 11) is 0. The van der Waals surface area contributed by atoms with Crippen LogP contribution in [0.25, 0.3) is 0 Å². The lowest BCUT2D eigenvalue weighted by Crippen LogP contribution is -2.30. The largest absolute Gasteiger partial charge is 0.459 e. The van der Waals surface area contributed by atoms with E-state index in [9.17, 15) is 4.79 Å². The molecule has 136 valence electrons. The van der Waals surface area contributed by atoms with Crippen molar-refractivity contribution in [3.63, 3.8) is 0 Å². The van der Waals surface area contributed by atoms with Gasteiger partial charge >= 0.3 is 5.97 Å². The van der Waals surface area contributed by atoms with Gasteiger partial charge in [-0.1, -0.05) is 23.7 Å². The smallest absolute Gasteiger partial charge is 0.338 e. The second-order valence-corrected chi connectivity index (χ2v) is 6.82. The molecule has 1 fully saturated rings. The minimum Gasteiger partial charge on any atom is -0.459 e. The Hall–Kier alpha value is -2.38. The van der Waals surface area contributed by atoms with E-state index < -0.39 is 6.04 Å². The number of halogens is 1. The molecule has 0 unspecified atom stereocenters. The van der Waals surface area contributed by atoms with Crippen LogP contribution in [-0.2, 0) is 14.3 Å². The predicted octanol–water partition coefficient (Wildman–Crippen LogP) is 2.94. The Labute approximate surface area is 156 Å². The third kappa shape index (κ3) is 3.20. The average molecular weight is 375 g/mol. The zero-order valence-electron chi connectivity index (χ0n) is 14.3. The molecule has 2 atom stereocenters. The first-order chi connectivity index (χ1) is 12.6. The highest BCUT2D eigenvalue weighted by molar-refractivity contribution is 6.30. The Kier molecular flexibility index (Phi) is 4.65. The quantitative estimate of drug-likeness (QED) is 0.829. The Balaban J connectivity index is 1.65. The van der Waals surface area contributed by atoms with Gasteiger partial charge in [0, 0.05) is 17.3 Å². The van der Waals surface area contributed by atoms with Crippen molar-refractivity contribution in [1.82, 2.24) is 14.8 Å². The summed E-state index contributed by atoms with van der Waals surface area (Å²) in [6.07, 6.45) is 3.35. The number of allylic oxidation sites excluding steroid dienone is 1. The molecule has 8 heteroatoms. The van der Waals surface area contributed by atoms with Gasteiger partial charge in [-0.25, -0.2) is 9.48 Å². The third-order valence-electron chi connectivity index (χ3n) is 4.62. The second kappa shape index (κ2) is 7.09. The summed E-state index contributed by atoms with van der Waals surface area (Å²) < 4.78 is 12.8. The fourth-order valence-corrected chi connectivity index (χ4v) is 3.46. The van der Waals surface area contributed by atoms with Gasteiger partial charge in [0.25, 0.3) is 0 Å². The molecule has 7 nitrogen and oxygen atoms in total. The van der Waals surface area contributed by atoms with Crippen molar-refractivity contribution in [3.8, 4) is 0 Å². The lowest BCUT2D eigenvalue weighted by molar-refractivity contribution is -0.142. The molecule has 0 spiro atoms. The summed E-state index contributed by atoms with van der Waals surface area (Å²) in [5.41, 5.74) is 2.08. The number of carbonyl (C=O) groups is 1. The highest BCUT2D eigenvalue weighted by Crippen LogP contribution is 2.35. The number of hydrogen-bond acceptors (Lipinski definition) is 6. The number of fused-ring (bicyclic) bond motifs is 1. The maximum atomic E-state index is 12.9. The van der Waals surface area contributed by atoms with Crippen LogP contribution in [0.3, 0.4) is 0 Å². The first kappa shape index (κ1) is 17.1. The van der Waals surface area contributed by atoms with Crippen LogP contribution in [-0.4, -0.2) is 40.1 Å². The van der Waals surface area contributed by atoms with Crippen molar-refractivity contribution in [2.75, 3.05) is 18.5 Å². The molecule has 0 saturated carbocycles. The van der Waals surface area contributed by atoms with E-state index in [1.54, 1.807) is 16.8 Å². The van der Waals surface area contributed by atoms with Crippen LogP contribution < -0.4 is 5.32 Å². The Morgan fingerprint density at radius 2 is 2.23 bits per heavy atom. The number of benzene rings is 1. The second-order valence-electron chi connectivity index (χ2n) is 6.38. The number of aromatic nitrogens is 3. The Morgan fingerprint density at radius 3 is 2.96 bits per heavy atom. The fraction of sp³-hybridized carbons (Fsp3) is 0.389. The van der Waals surface area contributed by atoms with Gasteiger partial charge in [-0.05, 0) is 37.5 Å². The summed E-state index contributed by atoms with van der Waals surface area (Å²) in [6, 6.07) is 6.91. The Bertz CT molecular complexity index is 840. The highest BCUT2D eigenvalue weighted by atomic mass is 35.5. The molecule has 2 aliphatic heterocycles. The molecule has 1 saturated heterocycles. The van der Waals surface area contributed by atoms with Crippen molar-refractivity contribution in [2.45, 2.75) is 31.9 Å². The number of rotatable bonds is 4. The molecule has 0 radical (unpaired) electrons. The highest BCUT2D eigenvalue weighted by Gasteiger charge is 2.34. The molecule has 0 bridgehead atoms. The standard InChI is InChI=1S/C18H19ClN4O3/c1-11-15(17(24)26-9-14-3-2-8-25-14)16(12-4-6-13(19)7-5-12)23-18(22-11)20-10-21-23/h4-7,10,14,16H,2-3,8-9H2,1H3,(H,20,21,22)/t14-,16+/m1/s1. The van der Waals surface area contributed by atoms with E-state index >= 15 is 0 Å². The van der Waals surface area contributed by atoms with Crippen LogP contribution in [0.2, 0.25) is 5.02 Å². The predicted molar refractivity (Wildman–Crippen MR) is 95.9 cm³/mol. The number of hydrogen-bond donors (Lipinski definition) is 1. The SMILES string of the molecule is CC1=C(C(=O)OC[C@H]2CCCO2)[C@H](c2ccc(Cl)cc2)n2ncnc2N1. The molecule has 0 amide bonds. The molecular formula is C18H19ClN4O3. The molecule has 0 aliphatic carbocycles. The summed E-state index contributed by atoms with van der Waals surface area (Å²) >= 11 is 6.02. The molecule has 26 heavy (non-hydrogen) atoms. The van der Waals surface area contributed by atoms with Gasteiger partial charge in [-0.15, -0.1) is 0 Å². The van der Waals surface area contributed by atoms with Crippen molar-refractivity contribution < 1.29 is 14.3 Å². The fourth-order valence-electron chi connectivity index (χ4n) is 3.33. The van der Waals surface area contributed by atoms with Gasteiger partial charge in [0.05, 0.1) is 11.7 Å². The van der Waals surface area contributed by atoms with Crippen LogP contribution in [0.15, 0.2) is 41.9 Å². The van der Waals surface area contributed by atoms with Crippen molar-refractivity contribution in [1.29, 1.82) is 0 Å². The third-order valence-corrected chi connectivity index (χ3v) is 4.88. The van der Waals surface area contributed by atoms with Gasteiger partial charge in [0.15, 0.2) is 0 Å². The maximum absolute atomic E-state index is 12.9. The first-order valence-electron chi connectivity index (χ1n) is 8.55. The minimum absolute atomic E-state index is 0.0210. The summed E-state index contributed by atoms with van der Waals surface area (Å²) in [6.45, 7) is 2.82. The monoisotopic (exact) mass is 374 g/mol. The van der Waals surface area contributed by atoms with Gasteiger partial charge in [-0.3, -0.25) is 0 Å². The van der Waals surface area contributed by atoms with E-state index in [-0.39, 0.29) is 18.7 Å². The first-order valence-corrected chi connectivity index (χ1v) is 8.93. The zero-order valence-corrected chi connectivity index (χ0v) is 15.1. The summed E-state index contributed by atoms with van der Waals surface area (Å²) in [4.78, 5) is 17.1. The van der Waals surface area contributed by atoms with Crippen LogP contribution >= 0.6 is 11.6 Å². The minimum atomic E-state index is -0.428. The van der Waals surface area contributed by atoms with Crippen LogP contribution in [0, 0.1) is 0 Å². The average Bonchev–Trinajstić information content (AvgIpc) is 3.30. The Morgan fingerprint density at radius 1 is 1.42 bits per heavy atom. The number of nitrogens with one attached hydrogen (secondary N) is 1. The van der Waals surface area contributed by atoms with Crippen molar-refractivity contribution >= 4 is 23.5 Å². The zero-order chi connectivity index (χ0) is 18.1. The van der Waals surface area contributed by atoms with Crippen LogP contribution in [0.4, 0.5) is 5.95 Å². The van der Waals surface area contributed by atoms with Gasteiger partial charge in [0.2, 0.25) is 5.95 Å². The number of carbonyl (C=O) groups excluding carboxylic acids is 1. The van der Waals surface area contributed by atoms with E-state index in [0.717, 1.165) is 25.0 Å². The molecule has 1 aromatic carbocycles.